The number of hydrogen-bond donors (Lipinski definition) is 1. The average Bonchev–Trinajstić information content (AvgIpc) is 2.54. The summed E-state index contributed by atoms with van der Waals surface area (Å²) in [5.74, 6) is 0.575. The van der Waals surface area contributed by atoms with Crippen LogP contribution in [-0.2, 0) is 16.0 Å². The number of benzene rings is 2. The Kier molecular flexibility index (Phi) is 6.35. The van der Waals surface area contributed by atoms with Gasteiger partial charge in [0.15, 0.2) is 6.61 Å². The van der Waals surface area contributed by atoms with Gasteiger partial charge < -0.3 is 14.8 Å². The van der Waals surface area contributed by atoms with Gasteiger partial charge in [0.1, 0.15) is 11.5 Å². The molecule has 23 heavy (non-hydrogen) atoms. The summed E-state index contributed by atoms with van der Waals surface area (Å²) < 4.78 is 6.29. The maximum absolute atomic E-state index is 11.9. The summed E-state index contributed by atoms with van der Waals surface area (Å²) in [6, 6.07) is 14.8. The van der Waals surface area contributed by atoms with Crippen LogP contribution in [0.5, 0.6) is 5.75 Å². The zero-order valence-electron chi connectivity index (χ0n) is 12.8. The fourth-order valence-corrected chi connectivity index (χ4v) is 2.35. The van der Waals surface area contributed by atoms with Crippen molar-refractivity contribution in [2.75, 3.05) is 11.9 Å². The van der Waals surface area contributed by atoms with Gasteiger partial charge in [0.25, 0.3) is 5.91 Å². The Morgan fingerprint density at radius 3 is 2.43 bits per heavy atom. The molecule has 1 amide bonds. The minimum Gasteiger partial charge on any atom is -0.484 e. The van der Waals surface area contributed by atoms with E-state index in [2.05, 4.69) is 21.2 Å². The molecule has 0 heterocycles. The highest BCUT2D eigenvalue weighted by molar-refractivity contribution is 9.10. The predicted octanol–water partition coefficient (Wildman–Crippen LogP) is 3.99. The van der Waals surface area contributed by atoms with Crippen molar-refractivity contribution in [3.05, 3.63) is 58.6 Å². The molecule has 2 rings (SSSR count). The summed E-state index contributed by atoms with van der Waals surface area (Å²) in [5, 5.41) is 2.78. The lowest BCUT2D eigenvalue weighted by molar-refractivity contribution is -0.118. The lowest BCUT2D eigenvalue weighted by atomic mass is 10.1. The third-order valence-corrected chi connectivity index (χ3v) is 3.90. The molecule has 0 aliphatic heterocycles. The number of carbonyl (C=O) groups excluding carboxylic acids is 2. The fourth-order valence-electron chi connectivity index (χ4n) is 1.97. The molecule has 5 heteroatoms. The molecule has 0 saturated carbocycles. The third-order valence-electron chi connectivity index (χ3n) is 3.21. The Balaban J connectivity index is 1.82. The first-order valence-electron chi connectivity index (χ1n) is 7.30. The number of anilines is 1. The van der Waals surface area contributed by atoms with Crippen LogP contribution in [0, 0.1) is 0 Å². The van der Waals surface area contributed by atoms with Gasteiger partial charge in [0, 0.05) is 10.9 Å². The molecule has 4 nitrogen and oxygen atoms in total. The molecular formula is C18H18BrNO3. The summed E-state index contributed by atoms with van der Waals surface area (Å²) >= 11 is 3.37. The van der Waals surface area contributed by atoms with E-state index in [1.165, 1.54) is 0 Å². The molecule has 0 atom stereocenters. The molecule has 0 aromatic heterocycles. The largest absolute Gasteiger partial charge is 0.484 e. The van der Waals surface area contributed by atoms with Gasteiger partial charge in [-0.3, -0.25) is 4.79 Å². The molecule has 0 aliphatic rings. The van der Waals surface area contributed by atoms with Crippen molar-refractivity contribution in [2.45, 2.75) is 19.8 Å². The van der Waals surface area contributed by atoms with Gasteiger partial charge in [0.05, 0.1) is 5.69 Å². The third kappa shape index (κ3) is 5.87. The van der Waals surface area contributed by atoms with Gasteiger partial charge in [0.2, 0.25) is 0 Å². The Hall–Kier alpha value is -2.14. The first kappa shape index (κ1) is 17.2. The number of ether oxygens (including phenoxy) is 1. The van der Waals surface area contributed by atoms with E-state index in [4.69, 9.17) is 4.74 Å². The molecule has 120 valence electrons. The molecule has 2 aromatic carbocycles. The van der Waals surface area contributed by atoms with E-state index in [-0.39, 0.29) is 18.3 Å². The predicted molar refractivity (Wildman–Crippen MR) is 93.7 cm³/mol. The van der Waals surface area contributed by atoms with Crippen molar-refractivity contribution >= 4 is 33.3 Å². The summed E-state index contributed by atoms with van der Waals surface area (Å²) in [6.07, 6.45) is 1.26. The van der Waals surface area contributed by atoms with E-state index >= 15 is 0 Å². The Bertz CT molecular complexity index is 683. The van der Waals surface area contributed by atoms with Crippen LogP contribution in [0.4, 0.5) is 5.69 Å². The number of carbonyl (C=O) groups is 2. The molecule has 0 radical (unpaired) electrons. The Morgan fingerprint density at radius 2 is 1.78 bits per heavy atom. The number of para-hydroxylation sites is 1. The molecule has 0 bridgehead atoms. The van der Waals surface area contributed by atoms with E-state index in [0.717, 1.165) is 16.5 Å². The highest BCUT2D eigenvalue weighted by Gasteiger charge is 2.06. The number of hydrogen-bond acceptors (Lipinski definition) is 3. The topological polar surface area (TPSA) is 55.4 Å². The second kappa shape index (κ2) is 8.48. The van der Waals surface area contributed by atoms with Crippen LogP contribution in [-0.4, -0.2) is 18.3 Å². The summed E-state index contributed by atoms with van der Waals surface area (Å²) in [6.45, 7) is 1.52. The number of aryl methyl sites for hydroxylation is 1. The van der Waals surface area contributed by atoms with E-state index < -0.39 is 0 Å². The number of amides is 1. The van der Waals surface area contributed by atoms with Gasteiger partial charge in [-0.15, -0.1) is 0 Å². The summed E-state index contributed by atoms with van der Waals surface area (Å²) in [7, 11) is 0. The maximum Gasteiger partial charge on any atom is 0.262 e. The number of Topliss-reactive ketones (excluding diaryl/α,β-unsaturated/α-hetero) is 1. The minimum atomic E-state index is -0.224. The standard InChI is InChI=1S/C18H18BrNO3/c1-13(21)6-7-14-8-10-15(11-9-14)23-12-18(22)20-17-5-3-2-4-16(17)19/h2-5,8-11H,6-7,12H2,1H3,(H,20,22). The second-order valence-electron chi connectivity index (χ2n) is 5.16. The monoisotopic (exact) mass is 375 g/mol. The molecule has 2 aromatic rings. The zero-order valence-corrected chi connectivity index (χ0v) is 14.4. The van der Waals surface area contributed by atoms with E-state index in [9.17, 15) is 9.59 Å². The van der Waals surface area contributed by atoms with Gasteiger partial charge in [-0.05, 0) is 59.1 Å². The fraction of sp³-hybridized carbons (Fsp3) is 0.222. The molecule has 0 unspecified atom stereocenters. The van der Waals surface area contributed by atoms with Crippen LogP contribution >= 0.6 is 15.9 Å². The van der Waals surface area contributed by atoms with Crippen LogP contribution in [0.1, 0.15) is 18.9 Å². The smallest absolute Gasteiger partial charge is 0.262 e. The van der Waals surface area contributed by atoms with E-state index in [1.807, 2.05) is 36.4 Å². The van der Waals surface area contributed by atoms with Gasteiger partial charge in [-0.1, -0.05) is 24.3 Å². The number of nitrogens with one attached hydrogen (secondary N) is 1. The first-order chi connectivity index (χ1) is 11.0. The SMILES string of the molecule is CC(=O)CCc1ccc(OCC(=O)Nc2ccccc2Br)cc1. The molecule has 0 aliphatic carbocycles. The van der Waals surface area contributed by atoms with Crippen molar-refractivity contribution in [1.82, 2.24) is 0 Å². The van der Waals surface area contributed by atoms with Gasteiger partial charge >= 0.3 is 0 Å². The second-order valence-corrected chi connectivity index (χ2v) is 6.02. The van der Waals surface area contributed by atoms with Crippen LogP contribution in [0.2, 0.25) is 0 Å². The lowest BCUT2D eigenvalue weighted by Crippen LogP contribution is -2.20. The van der Waals surface area contributed by atoms with Crippen molar-refractivity contribution in [2.24, 2.45) is 0 Å². The van der Waals surface area contributed by atoms with Crippen molar-refractivity contribution in [1.29, 1.82) is 0 Å². The molecule has 1 N–H and O–H groups in total. The van der Waals surface area contributed by atoms with Crippen molar-refractivity contribution in [3.8, 4) is 5.75 Å². The number of rotatable bonds is 7. The van der Waals surface area contributed by atoms with E-state index in [1.54, 1.807) is 19.1 Å². The van der Waals surface area contributed by atoms with Crippen LogP contribution < -0.4 is 10.1 Å². The Morgan fingerprint density at radius 1 is 1.09 bits per heavy atom. The maximum atomic E-state index is 11.9. The summed E-state index contributed by atoms with van der Waals surface area (Å²) in [5.41, 5.74) is 1.78. The molecule has 0 spiro atoms. The highest BCUT2D eigenvalue weighted by atomic mass is 79.9. The highest BCUT2D eigenvalue weighted by Crippen LogP contribution is 2.21. The first-order valence-corrected chi connectivity index (χ1v) is 8.09. The summed E-state index contributed by atoms with van der Waals surface area (Å²) in [4.78, 5) is 22.9. The van der Waals surface area contributed by atoms with Crippen molar-refractivity contribution < 1.29 is 14.3 Å². The molecule has 0 saturated heterocycles. The van der Waals surface area contributed by atoms with Gasteiger partial charge in [-0.2, -0.15) is 0 Å². The normalized spacial score (nSPS) is 10.2. The van der Waals surface area contributed by atoms with Crippen LogP contribution in [0.3, 0.4) is 0 Å². The van der Waals surface area contributed by atoms with Gasteiger partial charge in [-0.25, -0.2) is 0 Å². The van der Waals surface area contributed by atoms with Crippen LogP contribution in [0.15, 0.2) is 53.0 Å². The molecular weight excluding hydrogens is 358 g/mol. The number of ketones is 1. The molecule has 0 fully saturated rings. The number of halogens is 1. The van der Waals surface area contributed by atoms with E-state index in [0.29, 0.717) is 17.9 Å². The Labute approximate surface area is 144 Å². The van der Waals surface area contributed by atoms with Crippen LogP contribution in [0.25, 0.3) is 0 Å². The lowest BCUT2D eigenvalue weighted by Gasteiger charge is -2.09. The zero-order chi connectivity index (χ0) is 16.7. The average molecular weight is 376 g/mol. The quantitative estimate of drug-likeness (QED) is 0.795. The minimum absolute atomic E-state index is 0.0614. The van der Waals surface area contributed by atoms with Crippen molar-refractivity contribution in [3.63, 3.8) is 0 Å².